The van der Waals surface area contributed by atoms with Crippen molar-refractivity contribution in [1.82, 2.24) is 9.88 Å². The molecule has 1 saturated heterocycles. The number of nitrogens with two attached hydrogens (primary N) is 1. The fraction of sp³-hybridized carbons (Fsp3) is 0.750. The van der Waals surface area contributed by atoms with Crippen molar-refractivity contribution in [2.75, 3.05) is 12.3 Å². The molecule has 1 aromatic rings. The Hall–Kier alpha value is -0.650. The first-order valence-corrected chi connectivity index (χ1v) is 7.16. The molecule has 2 bridgehead atoms. The van der Waals surface area contributed by atoms with Gasteiger partial charge >= 0.3 is 0 Å². The Balaban J connectivity index is 1.56. The molecule has 0 aromatic carbocycles. The molecule has 1 aliphatic heterocycles. The molecule has 4 nitrogen and oxygen atoms in total. The average Bonchev–Trinajstić information content (AvgIpc) is 2.95. The third-order valence-electron chi connectivity index (χ3n) is 4.88. The van der Waals surface area contributed by atoms with Crippen molar-refractivity contribution >= 4 is 16.5 Å². The third-order valence-corrected chi connectivity index (χ3v) is 5.69. The summed E-state index contributed by atoms with van der Waals surface area (Å²) in [6.45, 7) is 2.07. The van der Waals surface area contributed by atoms with Gasteiger partial charge in [-0.05, 0) is 30.6 Å². The Kier molecular flexibility index (Phi) is 2.08. The average molecular weight is 251 g/mol. The molecule has 0 spiro atoms. The van der Waals surface area contributed by atoms with Crippen molar-refractivity contribution in [3.05, 3.63) is 11.1 Å². The van der Waals surface area contributed by atoms with Gasteiger partial charge in [-0.3, -0.25) is 4.90 Å². The van der Waals surface area contributed by atoms with E-state index in [1.807, 2.05) is 6.20 Å². The SMILES string of the molecule is Nc1ncc(CN2CC3CC4CC3C2C4O)s1. The Morgan fingerprint density at radius 2 is 2.35 bits per heavy atom. The summed E-state index contributed by atoms with van der Waals surface area (Å²) in [7, 11) is 0. The van der Waals surface area contributed by atoms with Crippen LogP contribution in [-0.4, -0.2) is 33.7 Å². The number of likely N-dealkylation sites (tertiary alicyclic amines) is 1. The Bertz CT molecular complexity index is 447. The van der Waals surface area contributed by atoms with Crippen molar-refractivity contribution in [2.45, 2.75) is 31.5 Å². The summed E-state index contributed by atoms with van der Waals surface area (Å²) < 4.78 is 0. The maximum atomic E-state index is 10.3. The zero-order chi connectivity index (χ0) is 11.6. The van der Waals surface area contributed by atoms with Crippen LogP contribution in [0.5, 0.6) is 0 Å². The minimum atomic E-state index is -0.0935. The van der Waals surface area contributed by atoms with E-state index in [0.29, 0.717) is 17.1 Å². The fourth-order valence-corrected chi connectivity index (χ4v) is 5.03. The predicted molar refractivity (Wildman–Crippen MR) is 66.4 cm³/mol. The number of aromatic nitrogens is 1. The van der Waals surface area contributed by atoms with Gasteiger partial charge in [-0.25, -0.2) is 4.98 Å². The van der Waals surface area contributed by atoms with Gasteiger partial charge in [-0.15, -0.1) is 11.3 Å². The number of nitrogen functional groups attached to an aromatic ring is 1. The number of hydrogen-bond donors (Lipinski definition) is 2. The van der Waals surface area contributed by atoms with Crippen molar-refractivity contribution < 1.29 is 5.11 Å². The number of thiazole rings is 1. The highest BCUT2D eigenvalue weighted by Crippen LogP contribution is 2.55. The minimum absolute atomic E-state index is 0.0935. The highest BCUT2D eigenvalue weighted by atomic mass is 32.1. The maximum absolute atomic E-state index is 10.3. The molecule has 5 unspecified atom stereocenters. The van der Waals surface area contributed by atoms with E-state index in [0.717, 1.165) is 24.9 Å². The highest BCUT2D eigenvalue weighted by Gasteiger charge is 2.58. The van der Waals surface area contributed by atoms with Crippen molar-refractivity contribution in [3.8, 4) is 0 Å². The number of anilines is 1. The van der Waals surface area contributed by atoms with Crippen molar-refractivity contribution in [2.24, 2.45) is 17.8 Å². The molecule has 92 valence electrons. The number of fused-ring (bicyclic) bond motifs is 1. The van der Waals surface area contributed by atoms with E-state index in [1.165, 1.54) is 17.7 Å². The van der Waals surface area contributed by atoms with Gasteiger partial charge in [0.2, 0.25) is 0 Å². The molecule has 0 radical (unpaired) electrons. The second-order valence-electron chi connectivity index (χ2n) is 5.73. The molecular weight excluding hydrogens is 234 g/mol. The number of hydrogen-bond acceptors (Lipinski definition) is 5. The van der Waals surface area contributed by atoms with Crippen LogP contribution in [0.4, 0.5) is 5.13 Å². The lowest BCUT2D eigenvalue weighted by Crippen LogP contribution is -2.40. The van der Waals surface area contributed by atoms with Gasteiger partial charge in [0.25, 0.3) is 0 Å². The van der Waals surface area contributed by atoms with E-state index in [-0.39, 0.29) is 6.10 Å². The highest BCUT2D eigenvalue weighted by molar-refractivity contribution is 7.15. The topological polar surface area (TPSA) is 62.4 Å². The first-order valence-electron chi connectivity index (χ1n) is 6.34. The molecule has 5 atom stereocenters. The molecule has 2 heterocycles. The van der Waals surface area contributed by atoms with E-state index >= 15 is 0 Å². The molecule has 0 amide bonds. The number of aliphatic hydroxyl groups excluding tert-OH is 1. The lowest BCUT2D eigenvalue weighted by atomic mass is 9.88. The summed E-state index contributed by atoms with van der Waals surface area (Å²) in [6, 6.07) is 0.405. The van der Waals surface area contributed by atoms with Crippen molar-refractivity contribution in [3.63, 3.8) is 0 Å². The Morgan fingerprint density at radius 1 is 1.47 bits per heavy atom. The summed E-state index contributed by atoms with van der Waals surface area (Å²) in [5, 5.41) is 10.9. The molecule has 3 aliphatic rings. The summed E-state index contributed by atoms with van der Waals surface area (Å²) in [6.07, 6.45) is 4.27. The van der Waals surface area contributed by atoms with Crippen LogP contribution in [0.1, 0.15) is 17.7 Å². The molecule has 4 rings (SSSR count). The largest absolute Gasteiger partial charge is 0.391 e. The molecule has 3 N–H and O–H groups in total. The van der Waals surface area contributed by atoms with Gasteiger partial charge in [0, 0.05) is 30.2 Å². The van der Waals surface area contributed by atoms with E-state index in [9.17, 15) is 5.11 Å². The monoisotopic (exact) mass is 251 g/mol. The van der Waals surface area contributed by atoms with Crippen LogP contribution in [-0.2, 0) is 6.54 Å². The lowest BCUT2D eigenvalue weighted by molar-refractivity contribution is 0.0487. The second kappa shape index (κ2) is 3.43. The molecular formula is C12H17N3OS. The van der Waals surface area contributed by atoms with Gasteiger partial charge in [0.15, 0.2) is 5.13 Å². The van der Waals surface area contributed by atoms with E-state index in [4.69, 9.17) is 5.73 Å². The van der Waals surface area contributed by atoms with E-state index in [2.05, 4.69) is 9.88 Å². The van der Waals surface area contributed by atoms with Crippen molar-refractivity contribution in [1.29, 1.82) is 0 Å². The normalized spacial score (nSPS) is 43.7. The van der Waals surface area contributed by atoms with Gasteiger partial charge in [-0.2, -0.15) is 0 Å². The standard InChI is InChI=1S/C12H17N3OS/c13-12-14-3-8(17-12)5-15-4-7-1-6-2-9(7)10(15)11(6)16/h3,6-7,9-11,16H,1-2,4-5H2,(H2,13,14). The van der Waals surface area contributed by atoms with E-state index in [1.54, 1.807) is 11.3 Å². The van der Waals surface area contributed by atoms with Crippen LogP contribution in [0, 0.1) is 17.8 Å². The molecule has 17 heavy (non-hydrogen) atoms. The molecule has 3 fully saturated rings. The lowest BCUT2D eigenvalue weighted by Gasteiger charge is -2.28. The van der Waals surface area contributed by atoms with Gasteiger partial charge in [0.05, 0.1) is 6.10 Å². The Labute approximate surface area is 104 Å². The van der Waals surface area contributed by atoms with Gasteiger partial charge < -0.3 is 10.8 Å². The number of nitrogens with zero attached hydrogens (tertiary/aromatic N) is 2. The zero-order valence-electron chi connectivity index (χ0n) is 9.62. The summed E-state index contributed by atoms with van der Waals surface area (Å²) in [5.74, 6) is 2.16. The number of aliphatic hydroxyl groups is 1. The van der Waals surface area contributed by atoms with Crippen LogP contribution < -0.4 is 5.73 Å². The van der Waals surface area contributed by atoms with Gasteiger partial charge in [-0.1, -0.05) is 0 Å². The van der Waals surface area contributed by atoms with Crippen LogP contribution in [0.3, 0.4) is 0 Å². The quantitative estimate of drug-likeness (QED) is 0.820. The van der Waals surface area contributed by atoms with E-state index < -0.39 is 0 Å². The van der Waals surface area contributed by atoms with Crippen LogP contribution in [0.15, 0.2) is 6.20 Å². The number of rotatable bonds is 2. The van der Waals surface area contributed by atoms with Crippen LogP contribution in [0.2, 0.25) is 0 Å². The summed E-state index contributed by atoms with van der Waals surface area (Å²) in [4.78, 5) is 7.78. The maximum Gasteiger partial charge on any atom is 0.180 e. The molecule has 1 aromatic heterocycles. The summed E-state index contributed by atoms with van der Waals surface area (Å²) in [5.41, 5.74) is 5.66. The molecule has 2 saturated carbocycles. The zero-order valence-corrected chi connectivity index (χ0v) is 10.4. The first-order chi connectivity index (χ1) is 8.22. The molecule has 5 heteroatoms. The van der Waals surface area contributed by atoms with Gasteiger partial charge in [0.1, 0.15) is 0 Å². The summed E-state index contributed by atoms with van der Waals surface area (Å²) >= 11 is 1.57. The van der Waals surface area contributed by atoms with Crippen LogP contribution in [0.25, 0.3) is 0 Å². The van der Waals surface area contributed by atoms with Crippen LogP contribution >= 0.6 is 11.3 Å². The predicted octanol–water partition coefficient (Wildman–Crippen LogP) is 0.926. The Morgan fingerprint density at radius 3 is 3.06 bits per heavy atom. The third kappa shape index (κ3) is 1.39. The first kappa shape index (κ1) is 10.3. The fourth-order valence-electron chi connectivity index (χ4n) is 4.32. The molecule has 2 aliphatic carbocycles. The minimum Gasteiger partial charge on any atom is -0.391 e. The second-order valence-corrected chi connectivity index (χ2v) is 6.88. The smallest absolute Gasteiger partial charge is 0.180 e.